The molecule has 1 aromatic heterocycles. The number of ether oxygens (including phenoxy) is 1. The van der Waals surface area contributed by atoms with E-state index in [4.69, 9.17) is 4.74 Å². The lowest BCUT2D eigenvalue weighted by Gasteiger charge is -2.42. The monoisotopic (exact) mass is 375 g/mol. The lowest BCUT2D eigenvalue weighted by Crippen LogP contribution is -2.44. The lowest BCUT2D eigenvalue weighted by atomic mass is 9.67. The summed E-state index contributed by atoms with van der Waals surface area (Å²) in [5.41, 5.74) is -0.940. The molecule has 0 amide bonds. The molecule has 4 nitrogen and oxygen atoms in total. The van der Waals surface area contributed by atoms with Crippen LogP contribution in [0.2, 0.25) is 0 Å². The van der Waals surface area contributed by atoms with Crippen LogP contribution < -0.4 is 0 Å². The van der Waals surface area contributed by atoms with E-state index in [-0.39, 0.29) is 29.8 Å². The number of thiazole rings is 1. The molecule has 0 aromatic carbocycles. The molecule has 118 valence electrons. The molecule has 1 N–H and O–H groups in total. The van der Waals surface area contributed by atoms with E-state index < -0.39 is 5.60 Å². The topological polar surface area (TPSA) is 59.4 Å². The number of hydrogen-bond donors (Lipinski definition) is 1. The highest BCUT2D eigenvalue weighted by Crippen LogP contribution is 2.47. The second-order valence-corrected chi connectivity index (χ2v) is 8.79. The number of carbonyl (C=O) groups excluding carboxylic acids is 1. The van der Waals surface area contributed by atoms with Gasteiger partial charge in [0.25, 0.3) is 0 Å². The molecule has 0 bridgehead atoms. The summed E-state index contributed by atoms with van der Waals surface area (Å²) in [7, 11) is 0. The SMILES string of the molecule is CC(C)OC(=O)[C@H]1[C@H](C)CC(O)(c2ncc(Br)s2)C[C@@H]1C. The number of aromatic nitrogens is 1. The molecule has 0 saturated heterocycles. The molecule has 1 aromatic rings. The van der Waals surface area contributed by atoms with Crippen LogP contribution in [0.1, 0.15) is 45.5 Å². The minimum Gasteiger partial charge on any atom is -0.463 e. The van der Waals surface area contributed by atoms with E-state index in [0.29, 0.717) is 12.8 Å². The number of hydrogen-bond acceptors (Lipinski definition) is 5. The molecular weight excluding hydrogens is 354 g/mol. The van der Waals surface area contributed by atoms with Crippen molar-refractivity contribution < 1.29 is 14.6 Å². The van der Waals surface area contributed by atoms with Crippen LogP contribution in [0, 0.1) is 17.8 Å². The van der Waals surface area contributed by atoms with Crippen molar-refractivity contribution in [3.63, 3.8) is 0 Å². The molecule has 0 aliphatic heterocycles. The molecule has 2 rings (SSSR count). The summed E-state index contributed by atoms with van der Waals surface area (Å²) >= 11 is 4.84. The zero-order chi connectivity index (χ0) is 15.8. The van der Waals surface area contributed by atoms with E-state index >= 15 is 0 Å². The van der Waals surface area contributed by atoms with Crippen molar-refractivity contribution in [2.75, 3.05) is 0 Å². The first kappa shape index (κ1) is 16.9. The summed E-state index contributed by atoms with van der Waals surface area (Å²) in [6, 6.07) is 0. The first-order valence-corrected chi connectivity index (χ1v) is 8.88. The van der Waals surface area contributed by atoms with Crippen LogP contribution in [0.15, 0.2) is 9.98 Å². The molecule has 1 unspecified atom stereocenters. The van der Waals surface area contributed by atoms with Crippen LogP contribution in [-0.4, -0.2) is 22.2 Å². The highest BCUT2D eigenvalue weighted by Gasteiger charge is 2.47. The molecule has 1 aliphatic rings. The van der Waals surface area contributed by atoms with Crippen molar-refractivity contribution in [2.45, 2.75) is 52.2 Å². The first-order valence-electron chi connectivity index (χ1n) is 7.27. The minimum absolute atomic E-state index is 0.0627. The minimum atomic E-state index is -0.940. The van der Waals surface area contributed by atoms with Gasteiger partial charge in [-0.3, -0.25) is 4.79 Å². The summed E-state index contributed by atoms with van der Waals surface area (Å²) in [4.78, 5) is 16.6. The second kappa shape index (κ2) is 6.34. The average molecular weight is 376 g/mol. The van der Waals surface area contributed by atoms with Crippen molar-refractivity contribution in [3.05, 3.63) is 15.0 Å². The van der Waals surface area contributed by atoms with Gasteiger partial charge in [0.2, 0.25) is 0 Å². The van der Waals surface area contributed by atoms with E-state index in [2.05, 4.69) is 20.9 Å². The summed E-state index contributed by atoms with van der Waals surface area (Å²) in [5, 5.41) is 11.7. The molecule has 1 aliphatic carbocycles. The Balaban J connectivity index is 2.16. The van der Waals surface area contributed by atoms with E-state index in [1.54, 1.807) is 6.20 Å². The summed E-state index contributed by atoms with van der Waals surface area (Å²) in [6.45, 7) is 7.74. The fraction of sp³-hybridized carbons (Fsp3) is 0.733. The van der Waals surface area contributed by atoms with E-state index in [1.165, 1.54) is 11.3 Å². The predicted octanol–water partition coefficient (Wildman–Crippen LogP) is 3.73. The highest BCUT2D eigenvalue weighted by atomic mass is 79.9. The number of esters is 1. The zero-order valence-corrected chi connectivity index (χ0v) is 15.2. The van der Waals surface area contributed by atoms with Gasteiger partial charge in [0.05, 0.1) is 22.0 Å². The normalized spacial score (nSPS) is 33.2. The summed E-state index contributed by atoms with van der Waals surface area (Å²) in [6.07, 6.45) is 2.68. The Morgan fingerprint density at radius 3 is 2.48 bits per heavy atom. The number of carbonyl (C=O) groups is 1. The van der Waals surface area contributed by atoms with E-state index in [1.807, 2.05) is 27.7 Å². The van der Waals surface area contributed by atoms with Gasteiger partial charge in [0, 0.05) is 0 Å². The number of nitrogens with zero attached hydrogens (tertiary/aromatic N) is 1. The number of aliphatic hydroxyl groups is 1. The molecule has 6 heteroatoms. The van der Waals surface area contributed by atoms with Gasteiger partial charge in [-0.05, 0) is 54.5 Å². The molecule has 0 spiro atoms. The number of rotatable bonds is 3. The van der Waals surface area contributed by atoms with Crippen molar-refractivity contribution in [3.8, 4) is 0 Å². The van der Waals surface area contributed by atoms with Gasteiger partial charge in [-0.2, -0.15) is 0 Å². The van der Waals surface area contributed by atoms with Crippen LogP contribution in [0.5, 0.6) is 0 Å². The third-order valence-electron chi connectivity index (χ3n) is 4.05. The first-order chi connectivity index (χ1) is 9.73. The van der Waals surface area contributed by atoms with Gasteiger partial charge in [-0.1, -0.05) is 13.8 Å². The fourth-order valence-electron chi connectivity index (χ4n) is 3.38. The van der Waals surface area contributed by atoms with Gasteiger partial charge in [-0.25, -0.2) is 4.98 Å². The molecular formula is C15H22BrNO3S. The van der Waals surface area contributed by atoms with Crippen molar-refractivity contribution in [1.29, 1.82) is 0 Å². The quantitative estimate of drug-likeness (QED) is 0.817. The van der Waals surface area contributed by atoms with Crippen LogP contribution in [-0.2, 0) is 15.1 Å². The standard InChI is InChI=1S/C15H22BrNO3S/c1-8(2)20-13(18)12-9(3)5-15(19,6-10(12)4)14-17-7-11(16)21-14/h7-10,12,19H,5-6H2,1-4H3/t9-,10+,12+,15?. The molecule has 1 heterocycles. The maximum Gasteiger partial charge on any atom is 0.309 e. The van der Waals surface area contributed by atoms with Gasteiger partial charge in [-0.15, -0.1) is 11.3 Å². The van der Waals surface area contributed by atoms with Gasteiger partial charge >= 0.3 is 5.97 Å². The Kier molecular flexibility index (Phi) is 5.11. The van der Waals surface area contributed by atoms with Crippen LogP contribution in [0.25, 0.3) is 0 Å². The van der Waals surface area contributed by atoms with E-state index in [0.717, 1.165) is 8.79 Å². The third-order valence-corrected chi connectivity index (χ3v) is 5.71. The molecule has 0 radical (unpaired) electrons. The van der Waals surface area contributed by atoms with Gasteiger partial charge in [0.1, 0.15) is 10.6 Å². The van der Waals surface area contributed by atoms with Crippen molar-refractivity contribution in [2.24, 2.45) is 17.8 Å². The largest absolute Gasteiger partial charge is 0.463 e. The third kappa shape index (κ3) is 3.66. The predicted molar refractivity (Wildman–Crippen MR) is 86.0 cm³/mol. The fourth-order valence-corrected chi connectivity index (χ4v) is 4.70. The van der Waals surface area contributed by atoms with E-state index in [9.17, 15) is 9.90 Å². The molecule has 21 heavy (non-hydrogen) atoms. The average Bonchev–Trinajstić information content (AvgIpc) is 2.74. The Morgan fingerprint density at radius 2 is 2.05 bits per heavy atom. The Bertz CT molecular complexity index is 505. The summed E-state index contributed by atoms with van der Waals surface area (Å²) in [5.74, 6) is -0.177. The lowest BCUT2D eigenvalue weighted by molar-refractivity contribution is -0.163. The van der Waals surface area contributed by atoms with Gasteiger partial charge in [0.15, 0.2) is 0 Å². The smallest absolute Gasteiger partial charge is 0.309 e. The molecule has 4 atom stereocenters. The van der Waals surface area contributed by atoms with Crippen LogP contribution in [0.3, 0.4) is 0 Å². The van der Waals surface area contributed by atoms with Crippen molar-refractivity contribution >= 4 is 33.2 Å². The maximum absolute atomic E-state index is 12.3. The van der Waals surface area contributed by atoms with Crippen LogP contribution in [0.4, 0.5) is 0 Å². The second-order valence-electron chi connectivity index (χ2n) is 6.38. The Labute approximate surface area is 138 Å². The Morgan fingerprint density at radius 1 is 1.48 bits per heavy atom. The number of halogens is 1. The maximum atomic E-state index is 12.3. The van der Waals surface area contributed by atoms with Crippen LogP contribution >= 0.6 is 27.3 Å². The Hall–Kier alpha value is -0.460. The highest BCUT2D eigenvalue weighted by molar-refractivity contribution is 9.11. The molecule has 1 saturated carbocycles. The zero-order valence-electron chi connectivity index (χ0n) is 12.8. The molecule has 1 fully saturated rings. The van der Waals surface area contributed by atoms with Crippen molar-refractivity contribution in [1.82, 2.24) is 4.98 Å². The van der Waals surface area contributed by atoms with Gasteiger partial charge < -0.3 is 9.84 Å². The summed E-state index contributed by atoms with van der Waals surface area (Å²) < 4.78 is 6.28.